The molecule has 1 unspecified atom stereocenters. The largest absolute Gasteiger partial charge is 0.472 e. The van der Waals surface area contributed by atoms with E-state index in [-0.39, 0.29) is 29.3 Å². The Balaban J connectivity index is 1.95. The molecule has 1 amide bonds. The van der Waals surface area contributed by atoms with Crippen molar-refractivity contribution in [3.05, 3.63) is 41.8 Å². The second kappa shape index (κ2) is 6.07. The van der Waals surface area contributed by atoms with Crippen molar-refractivity contribution in [3.8, 4) is 17.3 Å². The van der Waals surface area contributed by atoms with Crippen molar-refractivity contribution in [1.82, 2.24) is 9.97 Å². The van der Waals surface area contributed by atoms with Crippen LogP contribution in [0.15, 0.2) is 30.3 Å². The number of hydrogen-bond acceptors (Lipinski definition) is 5. The molecule has 2 aromatic rings. The van der Waals surface area contributed by atoms with Crippen LogP contribution < -0.4 is 10.5 Å². The minimum atomic E-state index is -0.682. The number of amides is 1. The summed E-state index contributed by atoms with van der Waals surface area (Å²) in [5, 5.41) is 0. The van der Waals surface area contributed by atoms with E-state index in [4.69, 9.17) is 15.2 Å². The third-order valence-electron chi connectivity index (χ3n) is 3.23. The van der Waals surface area contributed by atoms with Gasteiger partial charge in [-0.3, -0.25) is 4.79 Å². The number of halogens is 1. The van der Waals surface area contributed by atoms with Gasteiger partial charge >= 0.3 is 0 Å². The average Bonchev–Trinajstić information content (AvgIpc) is 3.00. The Kier molecular flexibility index (Phi) is 3.97. The zero-order valence-corrected chi connectivity index (χ0v) is 11.7. The van der Waals surface area contributed by atoms with Gasteiger partial charge in [0.1, 0.15) is 17.6 Å². The molecule has 22 heavy (non-hydrogen) atoms. The molecule has 1 aliphatic heterocycles. The molecule has 0 radical (unpaired) electrons. The molecule has 0 bridgehead atoms. The highest BCUT2D eigenvalue weighted by Crippen LogP contribution is 2.21. The standard InChI is InChI=1S/C15H14FN3O3/c16-10-3-1-9(2-4-10)15-18-12(14(17)20)7-13(19-15)22-11-5-6-21-8-11/h1-4,7,11H,5-6,8H2,(H2,17,20). The summed E-state index contributed by atoms with van der Waals surface area (Å²) in [6.45, 7) is 1.10. The van der Waals surface area contributed by atoms with Crippen molar-refractivity contribution in [2.45, 2.75) is 12.5 Å². The molecule has 1 fully saturated rings. The third-order valence-corrected chi connectivity index (χ3v) is 3.23. The lowest BCUT2D eigenvalue weighted by atomic mass is 10.2. The number of aromatic nitrogens is 2. The van der Waals surface area contributed by atoms with Crippen molar-refractivity contribution >= 4 is 5.91 Å². The minimum Gasteiger partial charge on any atom is -0.472 e. The maximum atomic E-state index is 13.0. The molecule has 6 nitrogen and oxygen atoms in total. The molecule has 0 spiro atoms. The Bertz CT molecular complexity index is 685. The van der Waals surface area contributed by atoms with E-state index in [9.17, 15) is 9.18 Å². The number of benzene rings is 1. The number of hydrogen-bond donors (Lipinski definition) is 1. The lowest BCUT2D eigenvalue weighted by molar-refractivity contribution is 0.0993. The fraction of sp³-hybridized carbons (Fsp3) is 0.267. The monoisotopic (exact) mass is 303 g/mol. The summed E-state index contributed by atoms with van der Waals surface area (Å²) in [5.74, 6) is -0.545. The molecular formula is C15H14FN3O3. The average molecular weight is 303 g/mol. The molecule has 1 saturated heterocycles. The molecule has 2 heterocycles. The lowest BCUT2D eigenvalue weighted by Gasteiger charge is -2.12. The van der Waals surface area contributed by atoms with Crippen LogP contribution in [0.5, 0.6) is 5.88 Å². The van der Waals surface area contributed by atoms with Crippen LogP contribution in [-0.4, -0.2) is 35.2 Å². The first-order valence-electron chi connectivity index (χ1n) is 6.81. The van der Waals surface area contributed by atoms with Gasteiger partial charge in [-0.25, -0.2) is 9.37 Å². The molecule has 1 atom stereocenters. The normalized spacial score (nSPS) is 17.4. The van der Waals surface area contributed by atoms with Crippen LogP contribution in [0.3, 0.4) is 0 Å². The van der Waals surface area contributed by atoms with Gasteiger partial charge in [-0.05, 0) is 24.3 Å². The van der Waals surface area contributed by atoms with Crippen LogP contribution >= 0.6 is 0 Å². The first-order valence-corrected chi connectivity index (χ1v) is 6.81. The number of primary amides is 1. The Labute approximate surface area is 126 Å². The topological polar surface area (TPSA) is 87.3 Å². The van der Waals surface area contributed by atoms with Crippen molar-refractivity contribution in [3.63, 3.8) is 0 Å². The molecule has 1 aromatic heterocycles. The molecule has 2 N–H and O–H groups in total. The predicted octanol–water partition coefficient (Wildman–Crippen LogP) is 1.55. The van der Waals surface area contributed by atoms with E-state index in [1.54, 1.807) is 0 Å². The first-order chi connectivity index (χ1) is 10.6. The first kappa shape index (κ1) is 14.4. The van der Waals surface area contributed by atoms with Gasteiger partial charge in [0, 0.05) is 18.1 Å². The van der Waals surface area contributed by atoms with E-state index in [0.717, 1.165) is 6.42 Å². The summed E-state index contributed by atoms with van der Waals surface area (Å²) >= 11 is 0. The van der Waals surface area contributed by atoms with Gasteiger partial charge in [-0.2, -0.15) is 4.98 Å². The molecule has 0 aliphatic carbocycles. The summed E-state index contributed by atoms with van der Waals surface area (Å²) in [6.07, 6.45) is 0.638. The Morgan fingerprint density at radius 2 is 2.09 bits per heavy atom. The maximum absolute atomic E-state index is 13.0. The second-order valence-electron chi connectivity index (χ2n) is 4.89. The van der Waals surface area contributed by atoms with E-state index in [0.29, 0.717) is 18.8 Å². The zero-order valence-electron chi connectivity index (χ0n) is 11.7. The molecule has 7 heteroatoms. The molecule has 1 aliphatic rings. The van der Waals surface area contributed by atoms with Gasteiger partial charge in [-0.15, -0.1) is 0 Å². The number of ether oxygens (including phenoxy) is 2. The Morgan fingerprint density at radius 3 is 2.73 bits per heavy atom. The smallest absolute Gasteiger partial charge is 0.267 e. The van der Waals surface area contributed by atoms with Gasteiger partial charge < -0.3 is 15.2 Å². The van der Waals surface area contributed by atoms with Gasteiger partial charge in [-0.1, -0.05) is 0 Å². The number of rotatable bonds is 4. The highest BCUT2D eigenvalue weighted by Gasteiger charge is 2.19. The number of nitrogens with zero attached hydrogens (tertiary/aromatic N) is 2. The molecular weight excluding hydrogens is 289 g/mol. The van der Waals surface area contributed by atoms with E-state index in [1.165, 1.54) is 30.3 Å². The summed E-state index contributed by atoms with van der Waals surface area (Å²) < 4.78 is 23.9. The van der Waals surface area contributed by atoms with Crippen LogP contribution in [0.25, 0.3) is 11.4 Å². The lowest BCUT2D eigenvalue weighted by Crippen LogP contribution is -2.19. The van der Waals surface area contributed by atoms with Crippen molar-refractivity contribution in [1.29, 1.82) is 0 Å². The SMILES string of the molecule is NC(=O)c1cc(OC2CCOC2)nc(-c2ccc(F)cc2)n1. The number of nitrogens with two attached hydrogens (primary N) is 1. The number of carbonyl (C=O) groups excluding carboxylic acids is 1. The molecule has 3 rings (SSSR count). The zero-order chi connectivity index (χ0) is 15.5. The second-order valence-corrected chi connectivity index (χ2v) is 4.89. The fourth-order valence-corrected chi connectivity index (χ4v) is 2.12. The van der Waals surface area contributed by atoms with Crippen molar-refractivity contribution in [2.75, 3.05) is 13.2 Å². The van der Waals surface area contributed by atoms with Gasteiger partial charge in [0.2, 0.25) is 5.88 Å². The van der Waals surface area contributed by atoms with Crippen LogP contribution in [0.1, 0.15) is 16.9 Å². The van der Waals surface area contributed by atoms with Crippen LogP contribution in [-0.2, 0) is 4.74 Å². The van der Waals surface area contributed by atoms with Crippen LogP contribution in [0.4, 0.5) is 4.39 Å². The highest BCUT2D eigenvalue weighted by atomic mass is 19.1. The van der Waals surface area contributed by atoms with Gasteiger partial charge in [0.05, 0.1) is 13.2 Å². The van der Waals surface area contributed by atoms with Gasteiger partial charge in [0.15, 0.2) is 5.82 Å². The maximum Gasteiger partial charge on any atom is 0.267 e. The van der Waals surface area contributed by atoms with E-state index in [1.807, 2.05) is 0 Å². The predicted molar refractivity (Wildman–Crippen MR) is 75.8 cm³/mol. The van der Waals surface area contributed by atoms with E-state index < -0.39 is 5.91 Å². The third kappa shape index (κ3) is 3.20. The van der Waals surface area contributed by atoms with E-state index in [2.05, 4.69) is 9.97 Å². The summed E-state index contributed by atoms with van der Waals surface area (Å²) in [7, 11) is 0. The summed E-state index contributed by atoms with van der Waals surface area (Å²) in [4.78, 5) is 19.8. The van der Waals surface area contributed by atoms with Crippen molar-refractivity contribution < 1.29 is 18.7 Å². The minimum absolute atomic E-state index is 0.0447. The summed E-state index contributed by atoms with van der Waals surface area (Å²) in [5.41, 5.74) is 5.90. The Morgan fingerprint density at radius 1 is 1.32 bits per heavy atom. The van der Waals surface area contributed by atoms with Crippen molar-refractivity contribution in [2.24, 2.45) is 5.73 Å². The quantitative estimate of drug-likeness (QED) is 0.926. The van der Waals surface area contributed by atoms with E-state index >= 15 is 0 Å². The molecule has 114 valence electrons. The molecule has 0 saturated carbocycles. The summed E-state index contributed by atoms with van der Waals surface area (Å²) in [6, 6.07) is 7.03. The van der Waals surface area contributed by atoms with Gasteiger partial charge in [0.25, 0.3) is 5.91 Å². The van der Waals surface area contributed by atoms with Crippen LogP contribution in [0.2, 0.25) is 0 Å². The fourth-order valence-electron chi connectivity index (χ4n) is 2.12. The molecule has 1 aromatic carbocycles. The highest BCUT2D eigenvalue weighted by molar-refractivity contribution is 5.91. The van der Waals surface area contributed by atoms with Crippen LogP contribution in [0, 0.1) is 5.82 Å². The Hall–Kier alpha value is -2.54. The number of carbonyl (C=O) groups is 1.